The van der Waals surface area contributed by atoms with E-state index < -0.39 is 24.1 Å². The first-order chi connectivity index (χ1) is 24.6. The van der Waals surface area contributed by atoms with Gasteiger partial charge < -0.3 is 14.2 Å². The largest absolute Gasteiger partial charge is 0.573 e. The lowest BCUT2D eigenvalue weighted by molar-refractivity contribution is -0.275. The number of aromatic nitrogens is 2. The van der Waals surface area contributed by atoms with Gasteiger partial charge in [-0.05, 0) is 119 Å². The molecule has 1 unspecified atom stereocenters. The van der Waals surface area contributed by atoms with Crippen molar-refractivity contribution < 1.29 is 37.0 Å². The zero-order chi connectivity index (χ0) is 36.0. The van der Waals surface area contributed by atoms with Crippen LogP contribution in [0.1, 0.15) is 51.0 Å². The Labute approximate surface area is 292 Å². The number of allylic oxidation sites excluding steroid dienone is 2. The number of ether oxygens (including phenoxy) is 3. The molecule has 5 aromatic rings. The number of nitrogens with one attached hydrogen (secondary N) is 1. The fourth-order valence-corrected chi connectivity index (χ4v) is 6.48. The maximum absolute atomic E-state index is 14.1. The summed E-state index contributed by atoms with van der Waals surface area (Å²) in [4.78, 5) is 26.0. The van der Waals surface area contributed by atoms with Crippen molar-refractivity contribution in [2.24, 2.45) is 0 Å². The van der Waals surface area contributed by atoms with E-state index in [1.54, 1.807) is 49.6 Å². The molecule has 1 aromatic heterocycles. The van der Waals surface area contributed by atoms with Gasteiger partial charge in [0.2, 0.25) is 0 Å². The maximum atomic E-state index is 14.1. The first-order valence-electron chi connectivity index (χ1n) is 16.3. The highest BCUT2D eigenvalue weighted by Crippen LogP contribution is 2.45. The number of nitrogens with zero attached hydrogens (tertiary/aromatic N) is 2. The SMILES string of the molecule is CCOC(=O)Nc1ccc(C(=O)C2C=C(c3ccc(OC)c(OC(F)(F)F)c3)Cc3c2ccc2c3CCc3ccccc3-2)cc1.c1ccnnc1. The number of aryl methyl sites for hydroxylation is 1. The lowest BCUT2D eigenvalue weighted by Gasteiger charge is -2.30. The molecule has 0 spiro atoms. The molecular weight excluding hydrogens is 659 g/mol. The minimum atomic E-state index is -4.90. The average molecular weight is 694 g/mol. The van der Waals surface area contributed by atoms with Crippen molar-refractivity contribution >= 4 is 23.1 Å². The number of anilines is 1. The summed E-state index contributed by atoms with van der Waals surface area (Å²) in [5.74, 6) is -1.37. The molecule has 8 nitrogen and oxygen atoms in total. The van der Waals surface area contributed by atoms with Gasteiger partial charge in [-0.1, -0.05) is 48.5 Å². The van der Waals surface area contributed by atoms with Crippen LogP contribution in [0.25, 0.3) is 16.7 Å². The number of rotatable bonds is 7. The van der Waals surface area contributed by atoms with Crippen LogP contribution in [0.5, 0.6) is 11.5 Å². The first kappa shape index (κ1) is 34.9. The Hall–Kier alpha value is -5.97. The Kier molecular flexibility index (Phi) is 10.5. The van der Waals surface area contributed by atoms with Crippen LogP contribution in [0.4, 0.5) is 23.7 Å². The summed E-state index contributed by atoms with van der Waals surface area (Å²) in [6.07, 6.45) is 1.67. The zero-order valence-electron chi connectivity index (χ0n) is 27.9. The fraction of sp³-hybridized carbons (Fsp3) is 0.200. The minimum Gasteiger partial charge on any atom is -0.493 e. The zero-order valence-corrected chi connectivity index (χ0v) is 27.9. The Balaban J connectivity index is 0.000000677. The molecule has 4 aromatic carbocycles. The molecule has 0 aliphatic heterocycles. The number of ketones is 1. The van der Waals surface area contributed by atoms with Crippen LogP contribution in [-0.2, 0) is 24.0 Å². The van der Waals surface area contributed by atoms with Crippen molar-refractivity contribution in [1.82, 2.24) is 10.2 Å². The second-order valence-corrected chi connectivity index (χ2v) is 11.8. The van der Waals surface area contributed by atoms with Crippen LogP contribution < -0.4 is 14.8 Å². The number of hydrogen-bond donors (Lipinski definition) is 1. The number of carbonyl (C=O) groups is 2. The number of benzene rings is 4. The predicted octanol–water partition coefficient (Wildman–Crippen LogP) is 9.01. The fourth-order valence-electron chi connectivity index (χ4n) is 6.48. The molecule has 1 atom stereocenters. The molecule has 1 heterocycles. The van der Waals surface area contributed by atoms with E-state index in [1.807, 2.05) is 36.4 Å². The number of fused-ring (bicyclic) bond motifs is 5. The van der Waals surface area contributed by atoms with E-state index in [2.05, 4.69) is 38.5 Å². The number of alkyl halides is 3. The molecular formula is C40H34F3N3O5. The van der Waals surface area contributed by atoms with Gasteiger partial charge in [-0.3, -0.25) is 10.1 Å². The molecule has 2 aliphatic rings. The number of methoxy groups -OCH3 is 1. The van der Waals surface area contributed by atoms with Crippen LogP contribution in [-0.4, -0.2) is 42.2 Å². The molecule has 51 heavy (non-hydrogen) atoms. The Morgan fingerprint density at radius 1 is 0.843 bits per heavy atom. The number of hydrogen-bond acceptors (Lipinski definition) is 7. The van der Waals surface area contributed by atoms with Crippen LogP contribution in [0.15, 0.2) is 109 Å². The van der Waals surface area contributed by atoms with E-state index in [0.29, 0.717) is 28.8 Å². The van der Waals surface area contributed by atoms with Gasteiger partial charge in [-0.25, -0.2) is 4.79 Å². The molecule has 1 amide bonds. The van der Waals surface area contributed by atoms with Crippen molar-refractivity contribution in [3.05, 3.63) is 143 Å². The van der Waals surface area contributed by atoms with Gasteiger partial charge in [-0.15, -0.1) is 13.2 Å². The maximum Gasteiger partial charge on any atom is 0.573 e. The van der Waals surface area contributed by atoms with Gasteiger partial charge in [0, 0.05) is 23.6 Å². The Morgan fingerprint density at radius 2 is 1.59 bits per heavy atom. The first-order valence-corrected chi connectivity index (χ1v) is 16.3. The van der Waals surface area contributed by atoms with Crippen LogP contribution in [0.3, 0.4) is 0 Å². The van der Waals surface area contributed by atoms with Gasteiger partial charge in [0.05, 0.1) is 19.6 Å². The number of Topliss-reactive ketones (excluding diaryl/α,β-unsaturated/α-hetero) is 1. The Bertz CT molecular complexity index is 2040. The van der Waals surface area contributed by atoms with Crippen LogP contribution in [0.2, 0.25) is 0 Å². The second-order valence-electron chi connectivity index (χ2n) is 11.8. The third kappa shape index (κ3) is 8.09. The highest BCUT2D eigenvalue weighted by atomic mass is 19.4. The molecule has 11 heteroatoms. The molecule has 0 radical (unpaired) electrons. The molecule has 0 saturated carbocycles. The van der Waals surface area contributed by atoms with E-state index in [0.717, 1.165) is 40.7 Å². The van der Waals surface area contributed by atoms with Gasteiger partial charge in [-0.2, -0.15) is 10.2 Å². The lowest BCUT2D eigenvalue weighted by Crippen LogP contribution is -2.20. The third-order valence-electron chi connectivity index (χ3n) is 8.71. The lowest BCUT2D eigenvalue weighted by atomic mass is 9.73. The highest BCUT2D eigenvalue weighted by Gasteiger charge is 2.34. The van der Waals surface area contributed by atoms with Crippen molar-refractivity contribution in [3.8, 4) is 22.6 Å². The predicted molar refractivity (Wildman–Crippen MR) is 187 cm³/mol. The summed E-state index contributed by atoms with van der Waals surface area (Å²) >= 11 is 0. The minimum absolute atomic E-state index is 0.0500. The van der Waals surface area contributed by atoms with E-state index in [-0.39, 0.29) is 18.1 Å². The summed E-state index contributed by atoms with van der Waals surface area (Å²) in [5.41, 5.74) is 8.65. The summed E-state index contributed by atoms with van der Waals surface area (Å²) in [7, 11) is 1.28. The monoisotopic (exact) mass is 693 g/mol. The third-order valence-corrected chi connectivity index (χ3v) is 8.71. The van der Waals surface area contributed by atoms with Crippen molar-refractivity contribution in [3.63, 3.8) is 0 Å². The van der Waals surface area contributed by atoms with Gasteiger partial charge in [0.15, 0.2) is 17.3 Å². The molecule has 7 rings (SSSR count). The van der Waals surface area contributed by atoms with Crippen LogP contribution in [0, 0.1) is 0 Å². The summed E-state index contributed by atoms with van der Waals surface area (Å²) in [6, 6.07) is 26.9. The molecule has 1 N–H and O–H groups in total. The van der Waals surface area contributed by atoms with Crippen molar-refractivity contribution in [2.45, 2.75) is 38.5 Å². The summed E-state index contributed by atoms with van der Waals surface area (Å²) < 4.78 is 54.1. The average Bonchev–Trinajstić information content (AvgIpc) is 3.14. The number of halogens is 3. The summed E-state index contributed by atoms with van der Waals surface area (Å²) in [5, 5.41) is 9.69. The number of carbonyl (C=O) groups excluding carboxylic acids is 2. The smallest absolute Gasteiger partial charge is 0.493 e. The van der Waals surface area contributed by atoms with Crippen molar-refractivity contribution in [2.75, 3.05) is 19.0 Å². The summed E-state index contributed by atoms with van der Waals surface area (Å²) in [6.45, 7) is 1.93. The molecule has 0 bridgehead atoms. The van der Waals surface area contributed by atoms with Gasteiger partial charge >= 0.3 is 12.5 Å². The van der Waals surface area contributed by atoms with E-state index in [4.69, 9.17) is 9.47 Å². The van der Waals surface area contributed by atoms with Crippen LogP contribution >= 0.6 is 0 Å². The number of amides is 1. The van der Waals surface area contributed by atoms with E-state index in [1.165, 1.54) is 24.8 Å². The molecule has 0 saturated heterocycles. The Morgan fingerprint density at radius 3 is 2.25 bits per heavy atom. The van der Waals surface area contributed by atoms with Gasteiger partial charge in [0.25, 0.3) is 0 Å². The standard InChI is InChI=1S/C36H30F3NO5.C4H4N2/c1-3-44-35(42)40-25-12-8-22(9-13-25)34(41)31-19-24(23-11-17-32(43-2)33(20-23)45-36(37,38)39)18-30-28-14-10-21-6-4-5-7-26(21)27(28)15-16-29(30)31;1-2-4-6-5-3-1/h4-9,11-13,15-17,19-20,31H,3,10,14,18H2,1-2H3,(H,40,42);1-4H. The highest BCUT2D eigenvalue weighted by molar-refractivity contribution is 6.04. The quantitative estimate of drug-likeness (QED) is 0.170. The van der Waals surface area contributed by atoms with Crippen molar-refractivity contribution in [1.29, 1.82) is 0 Å². The topological polar surface area (TPSA) is 99.6 Å². The van der Waals surface area contributed by atoms with E-state index in [9.17, 15) is 22.8 Å². The molecule has 260 valence electrons. The van der Waals surface area contributed by atoms with E-state index >= 15 is 0 Å². The molecule has 2 aliphatic carbocycles. The molecule has 0 fully saturated rings. The normalized spacial score (nSPS) is 14.3. The second kappa shape index (κ2) is 15.3. The van der Waals surface area contributed by atoms with Gasteiger partial charge in [0.1, 0.15) is 0 Å².